The molecule has 4 nitrogen and oxygen atoms in total. The first-order chi connectivity index (χ1) is 12.8. The second-order valence-corrected chi connectivity index (χ2v) is 7.30. The second-order valence-electron chi connectivity index (χ2n) is 6.02. The Morgan fingerprint density at radius 2 is 1.81 bits per heavy atom. The molecule has 1 heterocycles. The fourth-order valence-electron chi connectivity index (χ4n) is 2.90. The van der Waals surface area contributed by atoms with Crippen LogP contribution in [0.1, 0.15) is 34.2 Å². The molecule has 138 valence electrons. The molecule has 0 saturated carbocycles. The molecule has 1 N–H and O–H groups in total. The van der Waals surface area contributed by atoms with E-state index in [9.17, 15) is 9.90 Å². The molecule has 0 aliphatic heterocycles. The fraction of sp³-hybridized carbons (Fsp3) is 0.100. The van der Waals surface area contributed by atoms with Crippen molar-refractivity contribution in [2.75, 3.05) is 0 Å². The highest BCUT2D eigenvalue weighted by Crippen LogP contribution is 2.31. The van der Waals surface area contributed by atoms with Crippen LogP contribution in [-0.4, -0.2) is 20.9 Å². The summed E-state index contributed by atoms with van der Waals surface area (Å²) in [6.07, 6.45) is 1.92. The lowest BCUT2D eigenvalue weighted by Crippen LogP contribution is -2.04. The Bertz CT molecular complexity index is 1070. The van der Waals surface area contributed by atoms with Gasteiger partial charge in [0.25, 0.3) is 0 Å². The number of hydrogen-bond donors (Lipinski definition) is 1. The molecule has 1 aromatic heterocycles. The number of nitrogens with zero attached hydrogens (tertiary/aromatic N) is 2. The van der Waals surface area contributed by atoms with Crippen molar-refractivity contribution in [2.45, 2.75) is 13.8 Å². The zero-order valence-electron chi connectivity index (χ0n) is 14.5. The fourth-order valence-corrected chi connectivity index (χ4v) is 3.59. The van der Waals surface area contributed by atoms with Crippen molar-refractivity contribution in [3.63, 3.8) is 0 Å². The average molecular weight is 422 g/mol. The second kappa shape index (κ2) is 7.77. The van der Waals surface area contributed by atoms with Crippen LogP contribution < -0.4 is 0 Å². The number of allylic oxidation sites excluding steroid dienone is 1. The van der Waals surface area contributed by atoms with E-state index < -0.39 is 5.97 Å². The Morgan fingerprint density at radius 3 is 2.44 bits per heavy atom. The highest BCUT2D eigenvalue weighted by Gasteiger charge is 2.22. The summed E-state index contributed by atoms with van der Waals surface area (Å²) in [6, 6.07) is 12.4. The summed E-state index contributed by atoms with van der Waals surface area (Å²) in [5, 5.41) is 15.3. The Kier molecular flexibility index (Phi) is 5.61. The van der Waals surface area contributed by atoms with Crippen LogP contribution in [0.4, 0.5) is 0 Å². The van der Waals surface area contributed by atoms with Crippen molar-refractivity contribution in [2.24, 2.45) is 0 Å². The Morgan fingerprint density at radius 1 is 1.11 bits per heavy atom. The quantitative estimate of drug-likeness (QED) is 0.530. The molecule has 7 heteroatoms. The maximum absolute atomic E-state index is 11.6. The predicted molar refractivity (Wildman–Crippen MR) is 110 cm³/mol. The summed E-state index contributed by atoms with van der Waals surface area (Å²) >= 11 is 18.4. The van der Waals surface area contributed by atoms with Crippen molar-refractivity contribution in [1.82, 2.24) is 9.78 Å². The number of benzene rings is 2. The topological polar surface area (TPSA) is 55.1 Å². The molecule has 0 spiro atoms. The summed E-state index contributed by atoms with van der Waals surface area (Å²) in [7, 11) is 0. The molecule has 0 radical (unpaired) electrons. The first kappa shape index (κ1) is 19.5. The van der Waals surface area contributed by atoms with Gasteiger partial charge < -0.3 is 5.11 Å². The third-order valence-electron chi connectivity index (χ3n) is 4.07. The van der Waals surface area contributed by atoms with Gasteiger partial charge in [-0.25, -0.2) is 9.48 Å². The molecule has 0 bridgehead atoms. The number of halogens is 3. The number of carbonyl (C=O) groups is 1. The Balaban J connectivity index is 2.23. The largest absolute Gasteiger partial charge is 0.476 e. The smallest absolute Gasteiger partial charge is 0.356 e. The van der Waals surface area contributed by atoms with Gasteiger partial charge in [0.05, 0.1) is 16.4 Å². The van der Waals surface area contributed by atoms with Gasteiger partial charge in [0.15, 0.2) is 5.69 Å². The molecule has 0 unspecified atom stereocenters. The molecule has 0 atom stereocenters. The molecule has 0 saturated heterocycles. The molecule has 27 heavy (non-hydrogen) atoms. The van der Waals surface area contributed by atoms with Crippen LogP contribution in [0.5, 0.6) is 0 Å². The predicted octanol–water partition coefficient (Wildman–Crippen LogP) is 6.40. The lowest BCUT2D eigenvalue weighted by Gasteiger charge is -2.11. The first-order valence-corrected chi connectivity index (χ1v) is 9.14. The van der Waals surface area contributed by atoms with E-state index in [0.717, 1.165) is 11.1 Å². The van der Waals surface area contributed by atoms with Crippen molar-refractivity contribution < 1.29 is 9.90 Å². The van der Waals surface area contributed by atoms with E-state index in [2.05, 4.69) is 5.10 Å². The normalized spacial score (nSPS) is 11.7. The standard InChI is InChI=1S/C20H15Cl3N2O2/c1-11(8-13-4-3-5-14(21)9-13)19-12(2)18(20(26)27)24-25(19)17-7-6-15(22)10-16(17)23/h3-10H,1-2H3,(H,26,27)/b11-8+. The number of carboxylic acid groups (broad SMARTS) is 1. The first-order valence-electron chi connectivity index (χ1n) is 8.00. The zero-order valence-corrected chi connectivity index (χ0v) is 16.8. The van der Waals surface area contributed by atoms with Gasteiger partial charge in [-0.15, -0.1) is 0 Å². The highest BCUT2D eigenvalue weighted by molar-refractivity contribution is 6.35. The zero-order chi connectivity index (χ0) is 19.7. The summed E-state index contributed by atoms with van der Waals surface area (Å²) in [5.41, 5.74) is 3.42. The number of aromatic nitrogens is 2. The van der Waals surface area contributed by atoms with Crippen molar-refractivity contribution in [1.29, 1.82) is 0 Å². The minimum Gasteiger partial charge on any atom is -0.476 e. The summed E-state index contributed by atoms with van der Waals surface area (Å²) < 4.78 is 1.54. The highest BCUT2D eigenvalue weighted by atomic mass is 35.5. The van der Waals surface area contributed by atoms with Crippen LogP contribution in [0.3, 0.4) is 0 Å². The average Bonchev–Trinajstić information content (AvgIpc) is 2.92. The molecule has 3 aromatic rings. The van der Waals surface area contributed by atoms with E-state index in [1.54, 1.807) is 31.2 Å². The molecular weight excluding hydrogens is 407 g/mol. The monoisotopic (exact) mass is 420 g/mol. The minimum absolute atomic E-state index is 0.0325. The SMILES string of the molecule is C/C(=C\c1cccc(Cl)c1)c1c(C)c(C(=O)O)nn1-c1ccc(Cl)cc1Cl. The third-order valence-corrected chi connectivity index (χ3v) is 4.84. The van der Waals surface area contributed by atoms with Gasteiger partial charge in [-0.05, 0) is 61.4 Å². The number of aromatic carboxylic acids is 1. The Hall–Kier alpha value is -2.27. The summed E-state index contributed by atoms with van der Waals surface area (Å²) in [4.78, 5) is 11.6. The maximum Gasteiger partial charge on any atom is 0.356 e. The van der Waals surface area contributed by atoms with Crippen LogP contribution in [-0.2, 0) is 0 Å². The number of hydrogen-bond acceptors (Lipinski definition) is 2. The van der Waals surface area contributed by atoms with Crippen molar-refractivity contribution >= 4 is 52.4 Å². The van der Waals surface area contributed by atoms with Crippen LogP contribution in [0.25, 0.3) is 17.3 Å². The third kappa shape index (κ3) is 4.03. The lowest BCUT2D eigenvalue weighted by molar-refractivity contribution is 0.0689. The summed E-state index contributed by atoms with van der Waals surface area (Å²) in [5.74, 6) is -1.10. The maximum atomic E-state index is 11.6. The van der Waals surface area contributed by atoms with E-state index in [1.807, 2.05) is 31.2 Å². The summed E-state index contributed by atoms with van der Waals surface area (Å²) in [6.45, 7) is 3.61. The van der Waals surface area contributed by atoms with E-state index >= 15 is 0 Å². The molecular formula is C20H15Cl3N2O2. The van der Waals surface area contributed by atoms with Gasteiger partial charge in [-0.2, -0.15) is 5.10 Å². The van der Waals surface area contributed by atoms with Crippen LogP contribution in [0.15, 0.2) is 42.5 Å². The van der Waals surface area contributed by atoms with Crippen molar-refractivity contribution in [3.05, 3.63) is 80.0 Å². The van der Waals surface area contributed by atoms with E-state index in [1.165, 1.54) is 4.68 Å². The van der Waals surface area contributed by atoms with E-state index in [0.29, 0.717) is 32.0 Å². The van der Waals surface area contributed by atoms with Gasteiger partial charge in [0.2, 0.25) is 0 Å². The number of rotatable bonds is 4. The van der Waals surface area contributed by atoms with Gasteiger partial charge in [-0.3, -0.25) is 0 Å². The van der Waals surface area contributed by atoms with Gasteiger partial charge >= 0.3 is 5.97 Å². The van der Waals surface area contributed by atoms with Gasteiger partial charge in [0, 0.05) is 15.6 Å². The molecule has 2 aromatic carbocycles. The molecule has 3 rings (SSSR count). The lowest BCUT2D eigenvalue weighted by atomic mass is 10.0. The Labute approximate surface area is 171 Å². The van der Waals surface area contributed by atoms with Gasteiger partial charge in [-0.1, -0.05) is 46.9 Å². The van der Waals surface area contributed by atoms with E-state index in [4.69, 9.17) is 34.8 Å². The van der Waals surface area contributed by atoms with Crippen LogP contribution >= 0.6 is 34.8 Å². The molecule has 0 fully saturated rings. The van der Waals surface area contributed by atoms with Crippen LogP contribution in [0.2, 0.25) is 15.1 Å². The molecule has 0 amide bonds. The molecule has 0 aliphatic carbocycles. The minimum atomic E-state index is -1.10. The number of carboxylic acids is 1. The van der Waals surface area contributed by atoms with Crippen molar-refractivity contribution in [3.8, 4) is 5.69 Å². The van der Waals surface area contributed by atoms with Gasteiger partial charge in [0.1, 0.15) is 0 Å². The van der Waals surface area contributed by atoms with Crippen LogP contribution in [0, 0.1) is 6.92 Å². The molecule has 0 aliphatic rings. The van der Waals surface area contributed by atoms with E-state index in [-0.39, 0.29) is 5.69 Å².